The molecule has 1 spiro atoms. The fourth-order valence-corrected chi connectivity index (χ4v) is 11.4. The van der Waals surface area contributed by atoms with Crippen molar-refractivity contribution in [1.82, 2.24) is 9.80 Å². The van der Waals surface area contributed by atoms with Gasteiger partial charge in [-0.15, -0.1) is 24.9 Å². The van der Waals surface area contributed by atoms with Crippen LogP contribution in [0, 0.1) is 29.1 Å². The number of carbonyl (C=O) groups is 3. The summed E-state index contributed by atoms with van der Waals surface area (Å²) in [6.45, 7) is 27.7. The molecule has 1 aromatic rings. The number of anilines is 1. The minimum atomic E-state index is -0.818. The lowest BCUT2D eigenvalue weighted by Gasteiger charge is -2.48. The topological polar surface area (TPSA) is 90.4 Å². The van der Waals surface area contributed by atoms with Crippen LogP contribution in [0.5, 0.6) is 5.75 Å². The lowest BCUT2D eigenvalue weighted by atomic mass is 9.65. The normalized spacial score (nSPS) is 27.8. The number of rotatable bonds is 15. The molecule has 3 unspecified atom stereocenters. The molecule has 3 saturated heterocycles. The van der Waals surface area contributed by atoms with Gasteiger partial charge in [0.05, 0.1) is 35.8 Å². The van der Waals surface area contributed by atoms with Gasteiger partial charge in [0.15, 0.2) is 0 Å². The van der Waals surface area contributed by atoms with Crippen molar-refractivity contribution in [1.29, 1.82) is 0 Å². The van der Waals surface area contributed by atoms with Gasteiger partial charge in [-0.3, -0.25) is 14.4 Å². The van der Waals surface area contributed by atoms with Crippen molar-refractivity contribution in [3.8, 4) is 5.75 Å². The molecule has 3 heterocycles. The molecule has 3 aliphatic heterocycles. The summed E-state index contributed by atoms with van der Waals surface area (Å²) >= 11 is 1.67. The molecule has 3 fully saturated rings. The second-order valence-electron chi connectivity index (χ2n) is 15.9. The van der Waals surface area contributed by atoms with Crippen LogP contribution in [-0.2, 0) is 14.4 Å². The maximum Gasteiger partial charge on any atom is 0.247 e. The summed E-state index contributed by atoms with van der Waals surface area (Å²) in [6, 6.07) is 6.07. The van der Waals surface area contributed by atoms with Crippen molar-refractivity contribution in [3.05, 3.63) is 49.6 Å². The molecule has 4 rings (SSSR count). The smallest absolute Gasteiger partial charge is 0.247 e. The fraction of sp³-hybridized carbons (Fsp3) is 0.667. The Labute approximate surface area is 293 Å². The minimum Gasteiger partial charge on any atom is -0.494 e. The van der Waals surface area contributed by atoms with Gasteiger partial charge in [0.25, 0.3) is 0 Å². The molecular weight excluding hydrogens is 623 g/mol. The van der Waals surface area contributed by atoms with E-state index in [1.54, 1.807) is 33.7 Å². The van der Waals surface area contributed by atoms with Gasteiger partial charge in [0.1, 0.15) is 11.8 Å². The van der Waals surface area contributed by atoms with Crippen molar-refractivity contribution >= 4 is 35.2 Å². The van der Waals surface area contributed by atoms with Crippen molar-refractivity contribution in [2.24, 2.45) is 29.1 Å². The van der Waals surface area contributed by atoms with E-state index in [0.717, 1.165) is 25.0 Å². The highest BCUT2D eigenvalue weighted by Crippen LogP contribution is 2.69. The third-order valence-corrected chi connectivity index (χ3v) is 12.9. The first-order chi connectivity index (χ1) is 22.5. The number of thioether (sulfide) groups is 1. The monoisotopic (exact) mass is 681 g/mol. The Morgan fingerprint density at radius 2 is 1.73 bits per heavy atom. The predicted octanol–water partition coefficient (Wildman–Crippen LogP) is 6.58. The third-order valence-electron chi connectivity index (χ3n) is 10.9. The molecule has 8 atom stereocenters. The van der Waals surface area contributed by atoms with Crippen molar-refractivity contribution in [2.75, 3.05) is 31.2 Å². The van der Waals surface area contributed by atoms with E-state index in [1.807, 2.05) is 49.9 Å². The standard InChI is InChI=1S/C39H59N3O5S/c1-12-20-40(27-16-18-28(19-17-27)47-15-4)34(44)31-30-22-26(6)39(48-30)32(31)35(45)42(29(23-43)25(5)14-3)33(39)36(46)41(21-13-2)38(10,11)24-37(7,8)9/h12-13,16-19,25-26,29-33,43H,1-2,14-15,20-24H2,3-11H3/t25-,26?,29-,30-,31+,32-,33?,39?/m0/s1. The number of hydrogen-bond acceptors (Lipinski definition) is 6. The lowest BCUT2D eigenvalue weighted by molar-refractivity contribution is -0.150. The van der Waals surface area contributed by atoms with Crippen LogP contribution in [0.4, 0.5) is 5.69 Å². The van der Waals surface area contributed by atoms with E-state index < -0.39 is 34.2 Å². The van der Waals surface area contributed by atoms with Gasteiger partial charge in [-0.2, -0.15) is 0 Å². The Kier molecular flexibility index (Phi) is 11.6. The van der Waals surface area contributed by atoms with Gasteiger partial charge in [0, 0.05) is 29.6 Å². The number of ether oxygens (including phenoxy) is 1. The molecule has 48 heavy (non-hydrogen) atoms. The molecule has 0 aromatic heterocycles. The zero-order chi connectivity index (χ0) is 35.8. The van der Waals surface area contributed by atoms with Crippen LogP contribution in [0.15, 0.2) is 49.6 Å². The number of nitrogens with zero attached hydrogens (tertiary/aromatic N) is 3. The van der Waals surface area contributed by atoms with Gasteiger partial charge in [0.2, 0.25) is 17.7 Å². The Morgan fingerprint density at radius 3 is 2.25 bits per heavy atom. The van der Waals surface area contributed by atoms with E-state index in [4.69, 9.17) is 4.74 Å². The van der Waals surface area contributed by atoms with Gasteiger partial charge in [-0.25, -0.2) is 0 Å². The van der Waals surface area contributed by atoms with E-state index in [-0.39, 0.29) is 53.4 Å². The summed E-state index contributed by atoms with van der Waals surface area (Å²) in [5.41, 5.74) is 0.120. The molecule has 8 nitrogen and oxygen atoms in total. The van der Waals surface area contributed by atoms with Crippen molar-refractivity contribution < 1.29 is 24.2 Å². The van der Waals surface area contributed by atoms with Crippen LogP contribution in [-0.4, -0.2) is 86.6 Å². The number of hydrogen-bond donors (Lipinski definition) is 1. The number of aliphatic hydroxyl groups is 1. The fourth-order valence-electron chi connectivity index (χ4n) is 9.02. The molecule has 3 amide bonds. The van der Waals surface area contributed by atoms with E-state index in [2.05, 4.69) is 54.7 Å². The second kappa shape index (κ2) is 14.6. The second-order valence-corrected chi connectivity index (χ2v) is 17.4. The van der Waals surface area contributed by atoms with Gasteiger partial charge < -0.3 is 24.5 Å². The van der Waals surface area contributed by atoms with Crippen molar-refractivity contribution in [3.63, 3.8) is 0 Å². The first kappa shape index (κ1) is 38.0. The zero-order valence-electron chi connectivity index (χ0n) is 30.7. The van der Waals surface area contributed by atoms with Gasteiger partial charge in [-0.1, -0.05) is 60.1 Å². The maximum atomic E-state index is 15.3. The number of aliphatic hydroxyl groups excluding tert-OH is 1. The van der Waals surface area contributed by atoms with E-state index in [9.17, 15) is 9.90 Å². The summed E-state index contributed by atoms with van der Waals surface area (Å²) in [5, 5.41) is 10.7. The molecule has 0 radical (unpaired) electrons. The number of carbonyl (C=O) groups excluding carboxylic acids is 3. The number of benzene rings is 1. The third kappa shape index (κ3) is 6.70. The summed E-state index contributed by atoms with van der Waals surface area (Å²) < 4.78 is 4.83. The molecule has 3 aliphatic rings. The van der Waals surface area contributed by atoms with Crippen LogP contribution in [0.2, 0.25) is 0 Å². The predicted molar refractivity (Wildman–Crippen MR) is 196 cm³/mol. The summed E-state index contributed by atoms with van der Waals surface area (Å²) in [7, 11) is 0. The highest BCUT2D eigenvalue weighted by Gasteiger charge is 2.77. The van der Waals surface area contributed by atoms with Crippen molar-refractivity contribution in [2.45, 2.75) is 109 Å². The van der Waals surface area contributed by atoms with E-state index in [1.165, 1.54) is 0 Å². The number of fused-ring (bicyclic) bond motifs is 1. The SMILES string of the molecule is C=CCN(C(=O)[C@@H]1[C@@H]2CC(C)C3(S2)C(C(=O)N(CC=C)C(C)(C)CC(C)(C)C)N([C@@H](CO)[C@@H](C)CC)C(=O)[C@H]13)c1ccc(OCC)cc1. The van der Waals surface area contributed by atoms with E-state index in [0.29, 0.717) is 18.8 Å². The molecule has 9 heteroatoms. The van der Waals surface area contributed by atoms with E-state index >= 15 is 9.59 Å². The summed E-state index contributed by atoms with van der Waals surface area (Å²) in [5.74, 6) is -1.06. The van der Waals surface area contributed by atoms with Gasteiger partial charge in [-0.05, 0) is 75.1 Å². The van der Waals surface area contributed by atoms with Crippen LogP contribution in [0.1, 0.15) is 81.6 Å². The van der Waals surface area contributed by atoms with Crippen LogP contribution >= 0.6 is 11.8 Å². The Hall–Kier alpha value is -2.78. The quantitative estimate of drug-likeness (QED) is 0.211. The molecule has 0 aliphatic carbocycles. The Morgan fingerprint density at radius 1 is 1.10 bits per heavy atom. The Bertz CT molecular complexity index is 1360. The highest BCUT2D eigenvalue weighted by molar-refractivity contribution is 8.02. The minimum absolute atomic E-state index is 0.00960. The molecule has 2 bridgehead atoms. The molecular formula is C39H59N3O5S. The molecule has 0 saturated carbocycles. The zero-order valence-corrected chi connectivity index (χ0v) is 31.5. The molecule has 1 N–H and O–H groups in total. The maximum absolute atomic E-state index is 15.3. The first-order valence-electron chi connectivity index (χ1n) is 17.7. The lowest BCUT2D eigenvalue weighted by Crippen LogP contribution is -2.63. The molecule has 266 valence electrons. The summed E-state index contributed by atoms with van der Waals surface area (Å²) in [6.07, 6.45) is 5.68. The van der Waals surface area contributed by atoms with Crippen LogP contribution in [0.3, 0.4) is 0 Å². The number of likely N-dealkylation sites (tertiary alicyclic amines) is 1. The highest BCUT2D eigenvalue weighted by atomic mass is 32.2. The first-order valence-corrected chi connectivity index (χ1v) is 18.6. The summed E-state index contributed by atoms with van der Waals surface area (Å²) in [4.78, 5) is 50.5. The van der Waals surface area contributed by atoms with Crippen LogP contribution in [0.25, 0.3) is 0 Å². The van der Waals surface area contributed by atoms with Gasteiger partial charge >= 0.3 is 0 Å². The Balaban J connectivity index is 1.86. The largest absolute Gasteiger partial charge is 0.494 e. The van der Waals surface area contributed by atoms with Crippen LogP contribution < -0.4 is 9.64 Å². The molecule has 1 aromatic carbocycles. The average Bonchev–Trinajstić information content (AvgIpc) is 3.61. The average molecular weight is 682 g/mol. The number of amides is 3.